The molecule has 2 N–H and O–H groups in total. The maximum Gasteiger partial charge on any atom is 0.228 e. The molecule has 5 heteroatoms. The molecule has 2 aliphatic heterocycles. The number of likely N-dealkylation sites (tertiary alicyclic amines) is 1. The highest BCUT2D eigenvalue weighted by Crippen LogP contribution is 2.49. The zero-order chi connectivity index (χ0) is 21.4. The number of hydrogen-bond donors (Lipinski definition) is 2. The molecular weight excluding hydrogens is 386 g/mol. The summed E-state index contributed by atoms with van der Waals surface area (Å²) in [6.45, 7) is 2.36. The van der Waals surface area contributed by atoms with E-state index in [2.05, 4.69) is 64.1 Å². The van der Waals surface area contributed by atoms with E-state index in [1.165, 1.54) is 11.3 Å². The average Bonchev–Trinajstić information content (AvgIpc) is 3.24. The third kappa shape index (κ3) is 3.79. The molecule has 0 aromatic heterocycles. The van der Waals surface area contributed by atoms with Crippen LogP contribution in [0.1, 0.15) is 57.1 Å². The molecule has 2 aliphatic carbocycles. The zero-order valence-electron chi connectivity index (χ0n) is 18.3. The third-order valence-electron chi connectivity index (χ3n) is 7.74. The Morgan fingerprint density at radius 3 is 2.74 bits per heavy atom. The van der Waals surface area contributed by atoms with Crippen LogP contribution in [0.25, 0.3) is 0 Å². The van der Waals surface area contributed by atoms with Crippen molar-refractivity contribution in [2.24, 2.45) is 17.8 Å². The second-order valence-corrected chi connectivity index (χ2v) is 9.60. The molecule has 2 heterocycles. The van der Waals surface area contributed by atoms with Gasteiger partial charge in [-0.05, 0) is 37.3 Å². The van der Waals surface area contributed by atoms with E-state index in [1.807, 2.05) is 0 Å². The molecule has 6 atom stereocenters. The largest absolute Gasteiger partial charge is 0.381 e. The van der Waals surface area contributed by atoms with E-state index in [0.717, 1.165) is 45.1 Å². The topological polar surface area (TPSA) is 61.4 Å². The normalized spacial score (nSPS) is 33.9. The lowest BCUT2D eigenvalue weighted by Crippen LogP contribution is -2.50. The quantitative estimate of drug-likeness (QED) is 0.772. The van der Waals surface area contributed by atoms with Gasteiger partial charge in [0.05, 0.1) is 12.0 Å². The maximum atomic E-state index is 13.9. The first-order chi connectivity index (χ1) is 15.1. The number of carbonyl (C=O) groups is 2. The first kappa shape index (κ1) is 20.3. The Labute approximate surface area is 185 Å². The molecule has 5 rings (SSSR count). The number of nitrogens with zero attached hydrogens (tertiary/aromatic N) is 1. The Balaban J connectivity index is 1.45. The van der Waals surface area contributed by atoms with Crippen molar-refractivity contribution in [3.63, 3.8) is 0 Å². The molecule has 1 saturated heterocycles. The number of rotatable bonds is 3. The Morgan fingerprint density at radius 1 is 1.10 bits per heavy atom. The highest BCUT2D eigenvalue weighted by atomic mass is 16.2. The van der Waals surface area contributed by atoms with Crippen LogP contribution in [0.4, 0.5) is 5.69 Å². The second kappa shape index (κ2) is 8.52. The average molecular weight is 420 g/mol. The highest BCUT2D eigenvalue weighted by Gasteiger charge is 2.49. The van der Waals surface area contributed by atoms with E-state index >= 15 is 0 Å². The molecule has 31 heavy (non-hydrogen) atoms. The van der Waals surface area contributed by atoms with Gasteiger partial charge in [-0.15, -0.1) is 0 Å². The summed E-state index contributed by atoms with van der Waals surface area (Å²) in [6, 6.07) is 8.92. The van der Waals surface area contributed by atoms with Gasteiger partial charge in [-0.2, -0.15) is 0 Å². The molecule has 1 saturated carbocycles. The summed E-state index contributed by atoms with van der Waals surface area (Å²) < 4.78 is 0. The van der Waals surface area contributed by atoms with Gasteiger partial charge in [0.25, 0.3) is 0 Å². The molecule has 0 spiro atoms. The van der Waals surface area contributed by atoms with Gasteiger partial charge in [-0.1, -0.05) is 55.3 Å². The van der Waals surface area contributed by atoms with Gasteiger partial charge in [0, 0.05) is 43.1 Å². The highest BCUT2D eigenvalue weighted by molar-refractivity contribution is 5.82. The molecule has 2 amide bonds. The molecule has 1 unspecified atom stereocenters. The fraction of sp³-hybridized carbons (Fsp3) is 0.538. The Morgan fingerprint density at radius 2 is 1.94 bits per heavy atom. The minimum atomic E-state index is -0.102. The lowest BCUT2D eigenvalue weighted by atomic mass is 9.75. The maximum absolute atomic E-state index is 13.9. The van der Waals surface area contributed by atoms with Gasteiger partial charge in [0.1, 0.15) is 0 Å². The first-order valence-corrected chi connectivity index (χ1v) is 11.9. The Kier molecular flexibility index (Phi) is 5.59. The number of hydrogen-bond acceptors (Lipinski definition) is 3. The van der Waals surface area contributed by atoms with E-state index in [1.54, 1.807) is 6.92 Å². The van der Waals surface area contributed by atoms with Crippen LogP contribution in [0.3, 0.4) is 0 Å². The summed E-state index contributed by atoms with van der Waals surface area (Å²) in [5, 5.41) is 6.90. The number of para-hydroxylation sites is 1. The van der Waals surface area contributed by atoms with Gasteiger partial charge in [0.15, 0.2) is 0 Å². The lowest BCUT2D eigenvalue weighted by Gasteiger charge is -2.44. The van der Waals surface area contributed by atoms with Crippen molar-refractivity contribution in [2.75, 3.05) is 11.9 Å². The summed E-state index contributed by atoms with van der Waals surface area (Å²) >= 11 is 0. The number of fused-ring (bicyclic) bond motifs is 3. The van der Waals surface area contributed by atoms with Crippen LogP contribution < -0.4 is 10.6 Å². The Bertz CT molecular complexity index is 908. The summed E-state index contributed by atoms with van der Waals surface area (Å²) in [5.41, 5.74) is 2.41. The lowest BCUT2D eigenvalue weighted by molar-refractivity contribution is -0.139. The summed E-state index contributed by atoms with van der Waals surface area (Å²) in [6.07, 6.45) is 14.8. The molecular formula is C26H33N3O2. The predicted molar refractivity (Wildman–Crippen MR) is 122 cm³/mol. The van der Waals surface area contributed by atoms with Gasteiger partial charge >= 0.3 is 0 Å². The van der Waals surface area contributed by atoms with E-state index in [9.17, 15) is 9.59 Å². The van der Waals surface area contributed by atoms with Crippen molar-refractivity contribution in [3.8, 4) is 0 Å². The molecule has 1 aromatic rings. The van der Waals surface area contributed by atoms with E-state index in [-0.39, 0.29) is 29.8 Å². The van der Waals surface area contributed by atoms with Crippen molar-refractivity contribution in [1.82, 2.24) is 10.2 Å². The summed E-state index contributed by atoms with van der Waals surface area (Å²) in [5.74, 6) is 0.953. The number of amides is 2. The summed E-state index contributed by atoms with van der Waals surface area (Å²) in [7, 11) is 0. The van der Waals surface area contributed by atoms with E-state index in [4.69, 9.17) is 0 Å². The fourth-order valence-corrected chi connectivity index (χ4v) is 6.37. The first-order valence-electron chi connectivity index (χ1n) is 11.9. The van der Waals surface area contributed by atoms with Gasteiger partial charge < -0.3 is 15.5 Å². The monoisotopic (exact) mass is 419 g/mol. The minimum Gasteiger partial charge on any atom is -0.381 e. The smallest absolute Gasteiger partial charge is 0.228 e. The van der Waals surface area contributed by atoms with Crippen LogP contribution in [0.15, 0.2) is 48.6 Å². The zero-order valence-corrected chi connectivity index (χ0v) is 18.3. The van der Waals surface area contributed by atoms with Crippen molar-refractivity contribution in [1.29, 1.82) is 0 Å². The molecule has 1 aromatic carbocycles. The van der Waals surface area contributed by atoms with E-state index in [0.29, 0.717) is 17.9 Å². The van der Waals surface area contributed by atoms with Crippen molar-refractivity contribution >= 4 is 17.5 Å². The molecule has 0 bridgehead atoms. The molecule has 2 fully saturated rings. The number of allylic oxidation sites excluding steroid dienone is 3. The van der Waals surface area contributed by atoms with Crippen molar-refractivity contribution < 1.29 is 9.59 Å². The fourth-order valence-electron chi connectivity index (χ4n) is 6.37. The molecule has 164 valence electrons. The van der Waals surface area contributed by atoms with Crippen LogP contribution in [0.5, 0.6) is 0 Å². The van der Waals surface area contributed by atoms with Crippen molar-refractivity contribution in [3.05, 3.63) is 54.1 Å². The van der Waals surface area contributed by atoms with Crippen LogP contribution in [0.2, 0.25) is 0 Å². The predicted octanol–water partition coefficient (Wildman–Crippen LogP) is 4.20. The van der Waals surface area contributed by atoms with Gasteiger partial charge in [-0.3, -0.25) is 9.59 Å². The minimum absolute atomic E-state index is 0.0306. The van der Waals surface area contributed by atoms with Crippen molar-refractivity contribution in [2.45, 2.75) is 63.6 Å². The molecule has 0 radical (unpaired) electrons. The van der Waals surface area contributed by atoms with Crippen LogP contribution in [-0.2, 0) is 9.59 Å². The number of anilines is 1. The number of benzene rings is 1. The standard InChI is InChI=1S/C26H33N3O2/c1-17(30)27-23-14-8-6-12-20(23)26(31)29-16-15-21-24(18-9-3-2-4-10-18)28-22-13-7-5-11-19(22)25(21)29/h2-5,7,9,11,13,18,20-21,23-25,28H,6,8,10,12,14-16H2,1H3,(H,27,30)/t18?,20-,21+,23+,24-,25-/m0/s1. The Hall–Kier alpha value is -2.56. The molecule has 5 nitrogen and oxygen atoms in total. The third-order valence-corrected chi connectivity index (χ3v) is 7.74. The summed E-state index contributed by atoms with van der Waals surface area (Å²) in [4.78, 5) is 27.8. The number of carbonyl (C=O) groups excluding carboxylic acids is 2. The van der Waals surface area contributed by atoms with E-state index < -0.39 is 0 Å². The molecule has 4 aliphatic rings. The van der Waals surface area contributed by atoms with Gasteiger partial charge in [0.2, 0.25) is 11.8 Å². The van der Waals surface area contributed by atoms with Crippen LogP contribution in [0, 0.1) is 17.8 Å². The van der Waals surface area contributed by atoms with Crippen LogP contribution >= 0.6 is 0 Å². The SMILES string of the molecule is CC(=O)N[C@@H]1CCCC[C@@H]1C(=O)N1CC[C@@H]2[C@H](C3C=CC=CC3)Nc3ccccc3[C@@H]21. The van der Waals surface area contributed by atoms with Crippen LogP contribution in [-0.4, -0.2) is 35.3 Å². The number of nitrogens with one attached hydrogen (secondary N) is 2. The second-order valence-electron chi connectivity index (χ2n) is 9.60. The van der Waals surface area contributed by atoms with Gasteiger partial charge in [-0.25, -0.2) is 0 Å².